The molecule has 1 aliphatic rings. The third kappa shape index (κ3) is 2.67. The van der Waals surface area contributed by atoms with E-state index < -0.39 is 0 Å². The quantitative estimate of drug-likeness (QED) is 0.906. The maximum absolute atomic E-state index is 12.9. The Morgan fingerprint density at radius 3 is 2.67 bits per heavy atom. The Hall–Kier alpha value is -1.07. The van der Waals surface area contributed by atoms with Gasteiger partial charge >= 0.3 is 0 Å². The summed E-state index contributed by atoms with van der Waals surface area (Å²) < 4.78 is 12.9. The molecule has 18 heavy (non-hydrogen) atoms. The molecule has 98 valence electrons. The van der Waals surface area contributed by atoms with E-state index in [1.54, 1.807) is 23.9 Å². The molecule has 0 bridgehead atoms. The Kier molecular flexibility index (Phi) is 4.24. The van der Waals surface area contributed by atoms with Gasteiger partial charge in [-0.1, -0.05) is 12.1 Å². The molecule has 1 heterocycles. The SMILES string of the molecule is CNCCN1C(=O)[C@@H](C)S[C@H]1c1ccc(F)cc1. The summed E-state index contributed by atoms with van der Waals surface area (Å²) in [7, 11) is 1.87. The highest BCUT2D eigenvalue weighted by Gasteiger charge is 2.37. The lowest BCUT2D eigenvalue weighted by molar-refractivity contribution is -0.129. The Morgan fingerprint density at radius 2 is 2.06 bits per heavy atom. The Labute approximate surface area is 111 Å². The van der Waals surface area contributed by atoms with E-state index in [-0.39, 0.29) is 22.3 Å². The molecule has 0 radical (unpaired) electrons. The highest BCUT2D eigenvalue weighted by Crippen LogP contribution is 2.42. The van der Waals surface area contributed by atoms with Gasteiger partial charge in [0.1, 0.15) is 11.2 Å². The molecule has 1 aromatic carbocycles. The van der Waals surface area contributed by atoms with Crippen molar-refractivity contribution in [3.8, 4) is 0 Å². The smallest absolute Gasteiger partial charge is 0.236 e. The largest absolute Gasteiger partial charge is 0.324 e. The third-order valence-corrected chi connectivity index (χ3v) is 4.40. The van der Waals surface area contributed by atoms with Crippen LogP contribution in [0.1, 0.15) is 17.9 Å². The van der Waals surface area contributed by atoms with E-state index in [4.69, 9.17) is 0 Å². The van der Waals surface area contributed by atoms with Crippen LogP contribution in [-0.2, 0) is 4.79 Å². The summed E-state index contributed by atoms with van der Waals surface area (Å²) in [5.41, 5.74) is 0.982. The molecule has 0 aliphatic carbocycles. The predicted molar refractivity (Wildman–Crippen MR) is 71.8 cm³/mol. The molecule has 1 fully saturated rings. The van der Waals surface area contributed by atoms with Gasteiger partial charge in [-0.25, -0.2) is 4.39 Å². The molecule has 5 heteroatoms. The van der Waals surface area contributed by atoms with Crippen molar-refractivity contribution in [1.82, 2.24) is 10.2 Å². The van der Waals surface area contributed by atoms with E-state index in [1.165, 1.54) is 12.1 Å². The number of nitrogens with one attached hydrogen (secondary N) is 1. The third-order valence-electron chi connectivity index (χ3n) is 3.00. The van der Waals surface area contributed by atoms with Crippen LogP contribution in [0.2, 0.25) is 0 Å². The fraction of sp³-hybridized carbons (Fsp3) is 0.462. The second-order valence-corrected chi connectivity index (χ2v) is 5.74. The van der Waals surface area contributed by atoms with Gasteiger partial charge in [0.25, 0.3) is 0 Å². The van der Waals surface area contributed by atoms with E-state index in [9.17, 15) is 9.18 Å². The van der Waals surface area contributed by atoms with Crippen LogP contribution in [0.15, 0.2) is 24.3 Å². The minimum atomic E-state index is -0.247. The number of rotatable bonds is 4. The van der Waals surface area contributed by atoms with Gasteiger partial charge in [-0.15, -0.1) is 11.8 Å². The first-order valence-electron chi connectivity index (χ1n) is 5.99. The number of nitrogens with zero attached hydrogens (tertiary/aromatic N) is 1. The minimum absolute atomic E-state index is 0.00134. The van der Waals surface area contributed by atoms with Crippen molar-refractivity contribution in [3.05, 3.63) is 35.6 Å². The number of carbonyl (C=O) groups excluding carboxylic acids is 1. The minimum Gasteiger partial charge on any atom is -0.324 e. The van der Waals surface area contributed by atoms with Crippen LogP contribution in [0.5, 0.6) is 0 Å². The van der Waals surface area contributed by atoms with Gasteiger partial charge in [0, 0.05) is 13.1 Å². The molecular weight excluding hydrogens is 251 g/mol. The van der Waals surface area contributed by atoms with Crippen LogP contribution < -0.4 is 5.32 Å². The topological polar surface area (TPSA) is 32.3 Å². The van der Waals surface area contributed by atoms with Gasteiger partial charge in [-0.3, -0.25) is 4.79 Å². The number of hydrogen-bond donors (Lipinski definition) is 1. The molecule has 2 rings (SSSR count). The molecule has 0 spiro atoms. The average molecular weight is 268 g/mol. The van der Waals surface area contributed by atoms with Crippen molar-refractivity contribution in [1.29, 1.82) is 0 Å². The van der Waals surface area contributed by atoms with Crippen LogP contribution in [-0.4, -0.2) is 36.2 Å². The molecular formula is C13H17FN2OS. The summed E-state index contributed by atoms with van der Waals surface area (Å²) in [6.45, 7) is 3.36. The lowest BCUT2D eigenvalue weighted by atomic mass is 10.2. The molecule has 0 unspecified atom stereocenters. The molecule has 1 aliphatic heterocycles. The van der Waals surface area contributed by atoms with Gasteiger partial charge in [-0.05, 0) is 31.7 Å². The number of carbonyl (C=O) groups is 1. The lowest BCUT2D eigenvalue weighted by Gasteiger charge is -2.24. The van der Waals surface area contributed by atoms with Crippen molar-refractivity contribution in [2.75, 3.05) is 20.1 Å². The van der Waals surface area contributed by atoms with E-state index in [0.29, 0.717) is 6.54 Å². The van der Waals surface area contributed by atoms with Gasteiger partial charge in [0.05, 0.1) is 5.25 Å². The highest BCUT2D eigenvalue weighted by molar-refractivity contribution is 8.01. The van der Waals surface area contributed by atoms with E-state index in [0.717, 1.165) is 12.1 Å². The van der Waals surface area contributed by atoms with Crippen molar-refractivity contribution in [3.63, 3.8) is 0 Å². The van der Waals surface area contributed by atoms with Crippen LogP contribution in [0, 0.1) is 5.82 Å². The first-order valence-corrected chi connectivity index (χ1v) is 6.93. The van der Waals surface area contributed by atoms with Crippen molar-refractivity contribution in [2.24, 2.45) is 0 Å². The van der Waals surface area contributed by atoms with Crippen molar-refractivity contribution >= 4 is 17.7 Å². The zero-order chi connectivity index (χ0) is 13.1. The van der Waals surface area contributed by atoms with Crippen LogP contribution >= 0.6 is 11.8 Å². The molecule has 3 nitrogen and oxygen atoms in total. The number of halogens is 1. The van der Waals surface area contributed by atoms with Crippen molar-refractivity contribution < 1.29 is 9.18 Å². The average Bonchev–Trinajstić information content (AvgIpc) is 2.64. The van der Waals surface area contributed by atoms with Gasteiger partial charge in [0.2, 0.25) is 5.91 Å². The highest BCUT2D eigenvalue weighted by atomic mass is 32.2. The first kappa shape index (κ1) is 13.4. The molecule has 2 atom stereocenters. The van der Waals surface area contributed by atoms with E-state index >= 15 is 0 Å². The molecule has 0 saturated carbocycles. The number of likely N-dealkylation sites (N-methyl/N-ethyl adjacent to an activating group) is 1. The zero-order valence-electron chi connectivity index (χ0n) is 10.5. The number of thioether (sulfide) groups is 1. The number of benzene rings is 1. The van der Waals surface area contributed by atoms with Gasteiger partial charge in [-0.2, -0.15) is 0 Å². The molecule has 1 aromatic rings. The van der Waals surface area contributed by atoms with Crippen LogP contribution in [0.3, 0.4) is 0 Å². The van der Waals surface area contributed by atoms with Crippen molar-refractivity contribution in [2.45, 2.75) is 17.5 Å². The number of hydrogen-bond acceptors (Lipinski definition) is 3. The summed E-state index contributed by atoms with van der Waals surface area (Å²) in [5, 5.41) is 3.02. The number of amides is 1. The maximum atomic E-state index is 12.9. The van der Waals surface area contributed by atoms with Gasteiger partial charge < -0.3 is 10.2 Å². The standard InChI is InChI=1S/C13H17FN2OS/c1-9-12(17)16(8-7-15-2)13(18-9)10-3-5-11(14)6-4-10/h3-6,9,13,15H,7-8H2,1-2H3/t9-,13+/m1/s1. The monoisotopic (exact) mass is 268 g/mol. The first-order chi connectivity index (χ1) is 8.63. The summed E-state index contributed by atoms with van der Waals surface area (Å²) in [6.07, 6.45) is 0. The summed E-state index contributed by atoms with van der Waals surface area (Å²) in [6, 6.07) is 6.40. The fourth-order valence-corrected chi connectivity index (χ4v) is 3.33. The maximum Gasteiger partial charge on any atom is 0.236 e. The fourth-order valence-electron chi connectivity index (χ4n) is 2.02. The van der Waals surface area contributed by atoms with E-state index in [1.807, 2.05) is 18.9 Å². The molecule has 0 aromatic heterocycles. The Balaban J connectivity index is 2.19. The zero-order valence-corrected chi connectivity index (χ0v) is 11.3. The van der Waals surface area contributed by atoms with Crippen LogP contribution in [0.4, 0.5) is 4.39 Å². The Bertz CT molecular complexity index is 424. The summed E-state index contributed by atoms with van der Waals surface area (Å²) >= 11 is 1.62. The normalized spacial score (nSPS) is 23.7. The predicted octanol–water partition coefficient (Wildman–Crippen LogP) is 2.01. The van der Waals surface area contributed by atoms with Gasteiger partial charge in [0.15, 0.2) is 0 Å². The Morgan fingerprint density at radius 1 is 1.39 bits per heavy atom. The molecule has 1 amide bonds. The van der Waals surface area contributed by atoms with Crippen LogP contribution in [0.25, 0.3) is 0 Å². The summed E-state index contributed by atoms with van der Waals surface area (Å²) in [5.74, 6) is -0.0903. The molecule has 1 saturated heterocycles. The lowest BCUT2D eigenvalue weighted by Crippen LogP contribution is -2.35. The second-order valence-electron chi connectivity index (χ2n) is 4.32. The molecule has 1 N–H and O–H groups in total. The summed E-state index contributed by atoms with van der Waals surface area (Å²) in [4.78, 5) is 13.9. The second kappa shape index (κ2) is 5.71. The van der Waals surface area contributed by atoms with E-state index in [2.05, 4.69) is 5.32 Å².